The summed E-state index contributed by atoms with van der Waals surface area (Å²) in [7, 11) is 0. The number of benzene rings is 2. The molecule has 5 rings (SSSR count). The maximum absolute atomic E-state index is 13.0. The van der Waals surface area contributed by atoms with Crippen LogP contribution < -0.4 is 5.32 Å². The predicted molar refractivity (Wildman–Crippen MR) is 119 cm³/mol. The summed E-state index contributed by atoms with van der Waals surface area (Å²) in [6.07, 6.45) is 5.46. The number of likely N-dealkylation sites (tertiary alicyclic amines) is 1. The largest absolute Gasteiger partial charge is 0.355 e. The number of amides is 1. The molecule has 2 aromatic carbocycles. The second-order valence-electron chi connectivity index (χ2n) is 8.05. The molecule has 4 aromatic rings. The van der Waals surface area contributed by atoms with Gasteiger partial charge in [0.05, 0.1) is 17.8 Å². The van der Waals surface area contributed by atoms with Gasteiger partial charge in [0.25, 0.3) is 5.91 Å². The Hall–Kier alpha value is -3.45. The number of carbonyl (C=O) groups is 1. The molecule has 1 aliphatic heterocycles. The summed E-state index contributed by atoms with van der Waals surface area (Å²) in [6.45, 7) is 2.94. The van der Waals surface area contributed by atoms with Crippen LogP contribution in [0.3, 0.4) is 0 Å². The van der Waals surface area contributed by atoms with E-state index in [-0.39, 0.29) is 17.6 Å². The molecule has 1 amide bonds. The number of hydrogen-bond donors (Lipinski definition) is 2. The molecular formula is C24H25N5O2. The Morgan fingerprint density at radius 3 is 2.77 bits per heavy atom. The molecule has 1 unspecified atom stereocenters. The number of carbonyl (C=O) groups excluding carboxylic acids is 1. The Balaban J connectivity index is 1.34. The summed E-state index contributed by atoms with van der Waals surface area (Å²) in [6, 6.07) is 17.5. The lowest BCUT2D eigenvalue weighted by molar-refractivity contribution is 0.0911. The molecule has 7 nitrogen and oxygen atoms in total. The van der Waals surface area contributed by atoms with Gasteiger partial charge >= 0.3 is 0 Å². The standard InChI is InChI=1S/C24H25N5O2/c30-24(21-14-23(31-28-21)18-9-10-20-19(13-18)15-25-27-20)26-22(17-7-3-1-4-8-17)16-29-11-5-2-6-12-29/h1,3-4,7-10,13-15,22H,2,5-6,11-12,16H2,(H,25,27)(H,26,30). The van der Waals surface area contributed by atoms with Gasteiger partial charge in [-0.05, 0) is 49.7 Å². The van der Waals surface area contributed by atoms with E-state index in [9.17, 15) is 4.79 Å². The maximum atomic E-state index is 13.0. The molecular weight excluding hydrogens is 390 g/mol. The molecule has 3 heterocycles. The normalized spacial score (nSPS) is 15.7. The first-order valence-corrected chi connectivity index (χ1v) is 10.7. The molecule has 1 saturated heterocycles. The number of hydrogen-bond acceptors (Lipinski definition) is 5. The van der Waals surface area contributed by atoms with Crippen LogP contribution in [0, 0.1) is 0 Å². The monoisotopic (exact) mass is 415 g/mol. The van der Waals surface area contributed by atoms with Gasteiger partial charge in [0.2, 0.25) is 0 Å². The van der Waals surface area contributed by atoms with Crippen molar-refractivity contribution >= 4 is 16.8 Å². The number of fused-ring (bicyclic) bond motifs is 1. The second kappa shape index (κ2) is 8.73. The van der Waals surface area contributed by atoms with Crippen LogP contribution in [0.25, 0.3) is 22.2 Å². The topological polar surface area (TPSA) is 87.0 Å². The summed E-state index contributed by atoms with van der Waals surface area (Å²) in [4.78, 5) is 15.4. The van der Waals surface area contributed by atoms with Crippen LogP contribution in [0.2, 0.25) is 0 Å². The van der Waals surface area contributed by atoms with Crippen molar-refractivity contribution in [3.05, 3.63) is 72.1 Å². The third kappa shape index (κ3) is 4.36. The average molecular weight is 415 g/mol. The van der Waals surface area contributed by atoms with Crippen molar-refractivity contribution in [1.29, 1.82) is 0 Å². The molecule has 7 heteroatoms. The Morgan fingerprint density at radius 2 is 1.94 bits per heavy atom. The second-order valence-corrected chi connectivity index (χ2v) is 8.05. The first-order chi connectivity index (χ1) is 15.3. The fourth-order valence-corrected chi connectivity index (χ4v) is 4.17. The van der Waals surface area contributed by atoms with Crippen molar-refractivity contribution in [1.82, 2.24) is 25.6 Å². The predicted octanol–water partition coefficient (Wildman–Crippen LogP) is 4.17. The molecule has 1 atom stereocenters. The first-order valence-electron chi connectivity index (χ1n) is 10.7. The molecule has 2 N–H and O–H groups in total. The molecule has 2 aromatic heterocycles. The lowest BCUT2D eigenvalue weighted by atomic mass is 10.0. The molecule has 0 spiro atoms. The number of H-pyrrole nitrogens is 1. The van der Waals surface area contributed by atoms with Crippen molar-refractivity contribution in [2.24, 2.45) is 0 Å². The van der Waals surface area contributed by atoms with E-state index in [1.807, 2.05) is 36.4 Å². The number of nitrogens with one attached hydrogen (secondary N) is 2. The Labute approximate surface area is 180 Å². The SMILES string of the molecule is O=C(NC(CN1CCCCC1)c1ccccc1)c1cc(-c2ccc3[nH]ncc3c2)on1. The Kier molecular flexibility index (Phi) is 5.50. The fourth-order valence-electron chi connectivity index (χ4n) is 4.17. The summed E-state index contributed by atoms with van der Waals surface area (Å²) in [5.41, 5.74) is 3.18. The van der Waals surface area contributed by atoms with Crippen LogP contribution in [0.4, 0.5) is 0 Å². The molecule has 158 valence electrons. The molecule has 0 radical (unpaired) electrons. The van der Waals surface area contributed by atoms with E-state index in [0.717, 1.165) is 41.7 Å². The summed E-state index contributed by atoms with van der Waals surface area (Å²) in [5, 5.41) is 15.1. The number of aromatic nitrogens is 3. The van der Waals surface area contributed by atoms with Crippen LogP contribution >= 0.6 is 0 Å². The van der Waals surface area contributed by atoms with Crippen molar-refractivity contribution in [3.8, 4) is 11.3 Å². The van der Waals surface area contributed by atoms with Crippen molar-refractivity contribution in [2.45, 2.75) is 25.3 Å². The van der Waals surface area contributed by atoms with Gasteiger partial charge in [0, 0.05) is 23.6 Å². The van der Waals surface area contributed by atoms with Crippen LogP contribution in [0.1, 0.15) is 41.4 Å². The fraction of sp³-hybridized carbons (Fsp3) is 0.292. The number of aromatic amines is 1. The van der Waals surface area contributed by atoms with Gasteiger partial charge in [0.1, 0.15) is 0 Å². The maximum Gasteiger partial charge on any atom is 0.274 e. The van der Waals surface area contributed by atoms with Gasteiger partial charge in [-0.3, -0.25) is 9.89 Å². The minimum atomic E-state index is -0.231. The lowest BCUT2D eigenvalue weighted by Crippen LogP contribution is -2.40. The highest BCUT2D eigenvalue weighted by molar-refractivity contribution is 5.93. The Morgan fingerprint density at radius 1 is 1.10 bits per heavy atom. The van der Waals surface area contributed by atoms with Gasteiger partial charge in [-0.15, -0.1) is 0 Å². The average Bonchev–Trinajstić information content (AvgIpc) is 3.49. The highest BCUT2D eigenvalue weighted by atomic mass is 16.5. The quantitative estimate of drug-likeness (QED) is 0.493. The summed E-state index contributed by atoms with van der Waals surface area (Å²) >= 11 is 0. The number of rotatable bonds is 6. The first kappa shape index (κ1) is 19.5. The molecule has 0 saturated carbocycles. The third-order valence-corrected chi connectivity index (χ3v) is 5.86. The van der Waals surface area contributed by atoms with Crippen molar-refractivity contribution in [3.63, 3.8) is 0 Å². The van der Waals surface area contributed by atoms with Crippen LogP contribution in [0.15, 0.2) is 65.3 Å². The van der Waals surface area contributed by atoms with E-state index >= 15 is 0 Å². The highest BCUT2D eigenvalue weighted by Crippen LogP contribution is 2.25. The number of nitrogens with zero attached hydrogens (tertiary/aromatic N) is 3. The van der Waals surface area contributed by atoms with E-state index in [2.05, 4.69) is 37.7 Å². The van der Waals surface area contributed by atoms with Crippen molar-refractivity contribution in [2.75, 3.05) is 19.6 Å². The van der Waals surface area contributed by atoms with Gasteiger partial charge in [0.15, 0.2) is 11.5 Å². The lowest BCUT2D eigenvalue weighted by Gasteiger charge is -2.31. The molecule has 1 aliphatic rings. The van der Waals surface area contributed by atoms with Gasteiger partial charge in [-0.25, -0.2) is 0 Å². The zero-order chi connectivity index (χ0) is 21.0. The summed E-state index contributed by atoms with van der Waals surface area (Å²) in [5.74, 6) is 0.325. The van der Waals surface area contributed by atoms with Gasteiger partial charge in [-0.1, -0.05) is 41.9 Å². The molecule has 0 bridgehead atoms. The van der Waals surface area contributed by atoms with E-state index in [1.54, 1.807) is 12.3 Å². The smallest absolute Gasteiger partial charge is 0.274 e. The third-order valence-electron chi connectivity index (χ3n) is 5.86. The number of piperidine rings is 1. The molecule has 31 heavy (non-hydrogen) atoms. The van der Waals surface area contributed by atoms with Crippen LogP contribution in [-0.4, -0.2) is 45.8 Å². The van der Waals surface area contributed by atoms with E-state index in [1.165, 1.54) is 19.3 Å². The minimum Gasteiger partial charge on any atom is -0.355 e. The highest BCUT2D eigenvalue weighted by Gasteiger charge is 2.22. The Bertz CT molecular complexity index is 1160. The molecule has 0 aliphatic carbocycles. The van der Waals surface area contributed by atoms with Crippen molar-refractivity contribution < 1.29 is 9.32 Å². The van der Waals surface area contributed by atoms with Gasteiger partial charge in [-0.2, -0.15) is 5.10 Å². The van der Waals surface area contributed by atoms with Gasteiger partial charge < -0.3 is 14.7 Å². The van der Waals surface area contributed by atoms with E-state index in [0.29, 0.717) is 5.76 Å². The zero-order valence-electron chi connectivity index (χ0n) is 17.3. The molecule has 1 fully saturated rings. The van der Waals surface area contributed by atoms with Crippen LogP contribution in [-0.2, 0) is 0 Å². The van der Waals surface area contributed by atoms with Crippen LogP contribution in [0.5, 0.6) is 0 Å². The minimum absolute atomic E-state index is 0.103. The zero-order valence-corrected chi connectivity index (χ0v) is 17.3. The van der Waals surface area contributed by atoms with E-state index in [4.69, 9.17) is 4.52 Å². The summed E-state index contributed by atoms with van der Waals surface area (Å²) < 4.78 is 5.48. The van der Waals surface area contributed by atoms with E-state index < -0.39 is 0 Å².